The van der Waals surface area contributed by atoms with Crippen LogP contribution in [0, 0.1) is 5.82 Å². The lowest BCUT2D eigenvalue weighted by atomic mass is 10.1. The molecule has 0 bridgehead atoms. The predicted molar refractivity (Wildman–Crippen MR) is 119 cm³/mol. The van der Waals surface area contributed by atoms with Gasteiger partial charge in [0.25, 0.3) is 5.56 Å². The van der Waals surface area contributed by atoms with Crippen molar-refractivity contribution in [3.8, 4) is 0 Å². The van der Waals surface area contributed by atoms with Crippen LogP contribution in [0.2, 0.25) is 10.0 Å². The van der Waals surface area contributed by atoms with Gasteiger partial charge in [0.1, 0.15) is 10.8 Å². The number of rotatable bonds is 6. The maximum absolute atomic E-state index is 13.8. The van der Waals surface area contributed by atoms with Crippen molar-refractivity contribution >= 4 is 34.9 Å². The molecule has 31 heavy (non-hydrogen) atoms. The molecule has 1 aromatic heterocycles. The minimum absolute atomic E-state index is 0.0304. The van der Waals surface area contributed by atoms with Gasteiger partial charge in [0, 0.05) is 18.8 Å². The maximum atomic E-state index is 13.8. The molecule has 5 nitrogen and oxygen atoms in total. The van der Waals surface area contributed by atoms with Crippen molar-refractivity contribution in [1.29, 1.82) is 0 Å². The van der Waals surface area contributed by atoms with Crippen molar-refractivity contribution in [2.24, 2.45) is 0 Å². The van der Waals surface area contributed by atoms with Crippen LogP contribution < -0.4 is 10.5 Å². The number of pyridine rings is 1. The number of carboxylic acid groups (broad SMARTS) is 1. The molecule has 0 amide bonds. The Balaban J connectivity index is 1.62. The van der Waals surface area contributed by atoms with E-state index in [0.29, 0.717) is 36.8 Å². The summed E-state index contributed by atoms with van der Waals surface area (Å²) in [6.45, 7) is 1.37. The second kappa shape index (κ2) is 8.73. The number of hydrogen-bond acceptors (Lipinski definition) is 3. The number of fused-ring (bicyclic) bond motifs is 1. The number of carbonyl (C=O) groups is 1. The van der Waals surface area contributed by atoms with E-state index < -0.39 is 5.97 Å². The van der Waals surface area contributed by atoms with Crippen molar-refractivity contribution in [2.75, 3.05) is 11.4 Å². The molecule has 4 rings (SSSR count). The van der Waals surface area contributed by atoms with Crippen molar-refractivity contribution in [3.63, 3.8) is 0 Å². The quantitative estimate of drug-likeness (QED) is 0.573. The molecule has 0 unspecified atom stereocenters. The molecule has 2 heterocycles. The third-order valence-corrected chi connectivity index (χ3v) is 6.11. The van der Waals surface area contributed by atoms with Crippen LogP contribution in [0.15, 0.2) is 53.3 Å². The molecule has 0 spiro atoms. The average Bonchev–Trinajstić information content (AvgIpc) is 3.13. The van der Waals surface area contributed by atoms with E-state index >= 15 is 0 Å². The number of nitrogens with zero attached hydrogens (tertiary/aromatic N) is 2. The summed E-state index contributed by atoms with van der Waals surface area (Å²) in [6.07, 6.45) is 1.29. The van der Waals surface area contributed by atoms with Crippen molar-refractivity contribution in [1.82, 2.24) is 4.57 Å². The number of aromatic nitrogens is 1. The van der Waals surface area contributed by atoms with Gasteiger partial charge in [-0.1, -0.05) is 41.4 Å². The number of hydrogen-bond donors (Lipinski definition) is 1. The molecular formula is C23H19Cl2FN2O3. The van der Waals surface area contributed by atoms with Gasteiger partial charge in [-0.3, -0.25) is 4.79 Å². The van der Waals surface area contributed by atoms with E-state index in [0.717, 1.165) is 23.2 Å². The minimum atomic E-state index is -0.992. The van der Waals surface area contributed by atoms with Gasteiger partial charge in [-0.15, -0.1) is 0 Å². The molecule has 8 heteroatoms. The van der Waals surface area contributed by atoms with Gasteiger partial charge < -0.3 is 14.6 Å². The van der Waals surface area contributed by atoms with Crippen molar-refractivity contribution < 1.29 is 14.3 Å². The summed E-state index contributed by atoms with van der Waals surface area (Å²) >= 11 is 12.6. The van der Waals surface area contributed by atoms with Crippen molar-refractivity contribution in [2.45, 2.75) is 25.9 Å². The Kier molecular flexibility index (Phi) is 6.03. The fourth-order valence-electron chi connectivity index (χ4n) is 3.85. The van der Waals surface area contributed by atoms with E-state index in [2.05, 4.69) is 0 Å². The Morgan fingerprint density at radius 3 is 2.52 bits per heavy atom. The molecule has 0 aliphatic carbocycles. The molecular weight excluding hydrogens is 442 g/mol. The fraction of sp³-hybridized carbons (Fsp3) is 0.217. The predicted octanol–water partition coefficient (Wildman–Crippen LogP) is 4.80. The topological polar surface area (TPSA) is 62.5 Å². The highest BCUT2D eigenvalue weighted by Crippen LogP contribution is 2.31. The van der Waals surface area contributed by atoms with Crippen molar-refractivity contribution in [3.05, 3.63) is 97.1 Å². The first-order chi connectivity index (χ1) is 14.8. The number of benzene rings is 2. The first-order valence-corrected chi connectivity index (χ1v) is 10.5. The van der Waals surface area contributed by atoms with Crippen LogP contribution in [0.5, 0.6) is 0 Å². The largest absolute Gasteiger partial charge is 0.478 e. The van der Waals surface area contributed by atoms with Gasteiger partial charge >= 0.3 is 5.97 Å². The van der Waals surface area contributed by atoms with Crippen LogP contribution >= 0.6 is 23.2 Å². The Morgan fingerprint density at radius 2 is 1.81 bits per heavy atom. The lowest BCUT2D eigenvalue weighted by Crippen LogP contribution is -2.30. The average molecular weight is 461 g/mol. The highest BCUT2D eigenvalue weighted by molar-refractivity contribution is 6.34. The Hall–Kier alpha value is -2.83. The number of anilines is 1. The molecule has 0 atom stereocenters. The molecule has 1 N–H and O–H groups in total. The van der Waals surface area contributed by atoms with Crippen LogP contribution in [0.1, 0.15) is 27.2 Å². The zero-order valence-corrected chi connectivity index (χ0v) is 18.0. The lowest BCUT2D eigenvalue weighted by molar-refractivity contribution is 0.0697. The molecule has 0 radical (unpaired) electrons. The molecule has 0 saturated carbocycles. The Bertz CT molecular complexity index is 1210. The highest BCUT2D eigenvalue weighted by Gasteiger charge is 2.23. The maximum Gasteiger partial charge on any atom is 0.335 e. The molecule has 0 fully saturated rings. The number of carboxylic acids is 1. The molecule has 160 valence electrons. The van der Waals surface area contributed by atoms with Crippen LogP contribution in [0.25, 0.3) is 0 Å². The summed E-state index contributed by atoms with van der Waals surface area (Å²) < 4.78 is 15.3. The SMILES string of the molecule is O=C(O)c1ccc(CCn2c(CN3CCc4ccc(F)cc43)c(Cl)cc(Cl)c2=O)cc1. The minimum Gasteiger partial charge on any atom is -0.478 e. The third kappa shape index (κ3) is 4.45. The normalized spacial score (nSPS) is 12.8. The molecule has 2 aromatic carbocycles. The van der Waals surface area contributed by atoms with E-state index in [4.69, 9.17) is 28.3 Å². The van der Waals surface area contributed by atoms with E-state index in [1.54, 1.807) is 22.8 Å². The van der Waals surface area contributed by atoms with E-state index in [-0.39, 0.29) is 22.0 Å². The van der Waals surface area contributed by atoms with Gasteiger partial charge in [0.05, 0.1) is 22.8 Å². The zero-order valence-electron chi connectivity index (χ0n) is 16.4. The summed E-state index contributed by atoms with van der Waals surface area (Å²) in [5.41, 5.74) is 3.20. The Morgan fingerprint density at radius 1 is 1.06 bits per heavy atom. The third-order valence-electron chi connectivity index (χ3n) is 5.51. The standard InChI is InChI=1S/C23H19Cl2FN2O3/c24-18-12-19(25)22(29)28(10-7-14-1-3-16(4-2-14)23(30)31)21(18)13-27-9-8-15-5-6-17(26)11-20(15)27/h1-6,11-12H,7-10,13H2,(H,30,31). The number of aryl methyl sites for hydroxylation is 1. The van der Waals surface area contributed by atoms with E-state index in [1.807, 2.05) is 4.90 Å². The van der Waals surface area contributed by atoms with Crippen LogP contribution in [0.3, 0.4) is 0 Å². The highest BCUT2D eigenvalue weighted by atomic mass is 35.5. The van der Waals surface area contributed by atoms with Gasteiger partial charge in [-0.2, -0.15) is 0 Å². The zero-order chi connectivity index (χ0) is 22.1. The monoisotopic (exact) mass is 460 g/mol. The number of halogens is 3. The molecule has 1 aliphatic heterocycles. The summed E-state index contributed by atoms with van der Waals surface area (Å²) in [4.78, 5) is 25.8. The Labute approximate surface area is 188 Å². The lowest BCUT2D eigenvalue weighted by Gasteiger charge is -2.23. The van der Waals surface area contributed by atoms with Crippen LogP contribution in [0.4, 0.5) is 10.1 Å². The summed E-state index contributed by atoms with van der Waals surface area (Å²) in [5.74, 6) is -1.30. The second-order valence-electron chi connectivity index (χ2n) is 7.44. The molecule has 0 saturated heterocycles. The fourth-order valence-corrected chi connectivity index (χ4v) is 4.39. The van der Waals surface area contributed by atoms with Gasteiger partial charge in [-0.05, 0) is 54.3 Å². The number of aromatic carboxylic acids is 1. The summed E-state index contributed by atoms with van der Waals surface area (Å²) in [7, 11) is 0. The first kappa shape index (κ1) is 21.4. The van der Waals surface area contributed by atoms with Gasteiger partial charge in [0.2, 0.25) is 0 Å². The molecule has 1 aliphatic rings. The second-order valence-corrected chi connectivity index (χ2v) is 8.25. The smallest absolute Gasteiger partial charge is 0.335 e. The first-order valence-electron chi connectivity index (χ1n) is 9.77. The van der Waals surface area contributed by atoms with E-state index in [1.165, 1.54) is 30.3 Å². The summed E-state index contributed by atoms with van der Waals surface area (Å²) in [6, 6.07) is 12.7. The summed E-state index contributed by atoms with van der Waals surface area (Å²) in [5, 5.41) is 9.44. The van der Waals surface area contributed by atoms with Crippen LogP contribution in [-0.4, -0.2) is 22.2 Å². The molecule has 3 aromatic rings. The van der Waals surface area contributed by atoms with Gasteiger partial charge in [-0.25, -0.2) is 9.18 Å². The van der Waals surface area contributed by atoms with E-state index in [9.17, 15) is 14.0 Å². The van der Waals surface area contributed by atoms with Crippen LogP contribution in [-0.2, 0) is 25.9 Å². The van der Waals surface area contributed by atoms with Gasteiger partial charge in [0.15, 0.2) is 0 Å².